The molecule has 1 fully saturated rings. The molecule has 1 aromatic carbocycles. The van der Waals surface area contributed by atoms with E-state index in [-0.39, 0.29) is 29.0 Å². The van der Waals surface area contributed by atoms with Gasteiger partial charge in [0, 0.05) is 19.1 Å². The zero-order valence-corrected chi connectivity index (χ0v) is 10.4. The van der Waals surface area contributed by atoms with Crippen molar-refractivity contribution in [1.29, 1.82) is 0 Å². The smallest absolute Gasteiger partial charge is 0.261 e. The zero-order chi connectivity index (χ0) is 13.1. The van der Waals surface area contributed by atoms with Crippen molar-refractivity contribution in [2.45, 2.75) is 18.9 Å². The number of phenols is 2. The molecule has 2 rings (SSSR count). The number of carbonyl (C=O) groups excluding carboxylic acids is 1. The van der Waals surface area contributed by atoms with Crippen LogP contribution in [0.3, 0.4) is 0 Å². The lowest BCUT2D eigenvalue weighted by atomic mass is 10.0. The Morgan fingerprint density at radius 3 is 2.67 bits per heavy atom. The fraction of sp³-hybridized carbons (Fsp3) is 0.462. The highest BCUT2D eigenvalue weighted by atomic mass is 16.3. The number of aromatic hydroxyl groups is 2. The maximum absolute atomic E-state index is 12.3. The van der Waals surface area contributed by atoms with Gasteiger partial charge < -0.3 is 20.4 Å². The van der Waals surface area contributed by atoms with Gasteiger partial charge in [0.05, 0.1) is 0 Å². The number of nitrogens with zero attached hydrogens (tertiary/aromatic N) is 1. The summed E-state index contributed by atoms with van der Waals surface area (Å²) >= 11 is 0. The first kappa shape index (κ1) is 12.7. The number of likely N-dealkylation sites (N-methyl/N-ethyl adjacent to an activating group) is 1. The Morgan fingerprint density at radius 2 is 2.06 bits per heavy atom. The van der Waals surface area contributed by atoms with Crippen LogP contribution in [0.2, 0.25) is 0 Å². The normalized spacial score (nSPS) is 19.8. The molecule has 0 bridgehead atoms. The van der Waals surface area contributed by atoms with Crippen molar-refractivity contribution in [2.75, 3.05) is 20.1 Å². The quantitative estimate of drug-likeness (QED) is 0.730. The molecule has 1 amide bonds. The van der Waals surface area contributed by atoms with E-state index in [1.54, 1.807) is 4.90 Å². The van der Waals surface area contributed by atoms with Gasteiger partial charge in [-0.15, -0.1) is 0 Å². The van der Waals surface area contributed by atoms with E-state index in [1.165, 1.54) is 18.2 Å². The van der Waals surface area contributed by atoms with Crippen molar-refractivity contribution in [1.82, 2.24) is 10.2 Å². The molecule has 0 aromatic heterocycles. The lowest BCUT2D eigenvalue weighted by Gasteiger charge is -2.32. The van der Waals surface area contributed by atoms with E-state index in [1.807, 2.05) is 7.05 Å². The number of benzene rings is 1. The van der Waals surface area contributed by atoms with Gasteiger partial charge in [0.2, 0.25) is 0 Å². The number of hydrogen-bond acceptors (Lipinski definition) is 4. The SMILES string of the molecule is CNC1CCCN(C(=O)c2c(O)cccc2O)C1. The minimum Gasteiger partial charge on any atom is -0.507 e. The first-order chi connectivity index (χ1) is 8.63. The predicted molar refractivity (Wildman–Crippen MR) is 67.8 cm³/mol. The molecule has 98 valence electrons. The van der Waals surface area contributed by atoms with Gasteiger partial charge in [-0.25, -0.2) is 0 Å². The summed E-state index contributed by atoms with van der Waals surface area (Å²) in [4.78, 5) is 13.9. The zero-order valence-electron chi connectivity index (χ0n) is 10.4. The Morgan fingerprint density at radius 1 is 1.39 bits per heavy atom. The van der Waals surface area contributed by atoms with Crippen LogP contribution in [0, 0.1) is 0 Å². The number of phenolic OH excluding ortho intramolecular Hbond substituents is 2. The van der Waals surface area contributed by atoms with Crippen LogP contribution in [0.15, 0.2) is 18.2 Å². The van der Waals surface area contributed by atoms with E-state index >= 15 is 0 Å². The van der Waals surface area contributed by atoms with Crippen molar-refractivity contribution in [3.05, 3.63) is 23.8 Å². The predicted octanol–water partition coefficient (Wildman–Crippen LogP) is 0.922. The van der Waals surface area contributed by atoms with Crippen molar-refractivity contribution < 1.29 is 15.0 Å². The fourth-order valence-corrected chi connectivity index (χ4v) is 2.30. The Balaban J connectivity index is 2.20. The Hall–Kier alpha value is -1.75. The van der Waals surface area contributed by atoms with Gasteiger partial charge in [0.25, 0.3) is 5.91 Å². The molecule has 3 N–H and O–H groups in total. The topological polar surface area (TPSA) is 72.8 Å². The molecule has 5 nitrogen and oxygen atoms in total. The average Bonchev–Trinajstić information content (AvgIpc) is 2.38. The number of rotatable bonds is 2. The molecular weight excluding hydrogens is 232 g/mol. The van der Waals surface area contributed by atoms with Crippen LogP contribution in [-0.2, 0) is 0 Å². The van der Waals surface area contributed by atoms with Gasteiger partial charge in [-0.1, -0.05) is 6.07 Å². The van der Waals surface area contributed by atoms with Crippen LogP contribution in [0.5, 0.6) is 11.5 Å². The summed E-state index contributed by atoms with van der Waals surface area (Å²) in [5.41, 5.74) is -0.00532. The van der Waals surface area contributed by atoms with Gasteiger partial charge in [0.1, 0.15) is 17.1 Å². The Kier molecular flexibility index (Phi) is 3.72. The van der Waals surface area contributed by atoms with E-state index in [0.29, 0.717) is 13.1 Å². The molecule has 0 saturated carbocycles. The van der Waals surface area contributed by atoms with Gasteiger partial charge in [-0.2, -0.15) is 0 Å². The number of amides is 1. The molecule has 1 saturated heterocycles. The summed E-state index contributed by atoms with van der Waals surface area (Å²) in [5, 5.41) is 22.5. The lowest BCUT2D eigenvalue weighted by molar-refractivity contribution is 0.0692. The Labute approximate surface area is 106 Å². The molecule has 1 heterocycles. The van der Waals surface area contributed by atoms with Gasteiger partial charge >= 0.3 is 0 Å². The van der Waals surface area contributed by atoms with E-state index in [9.17, 15) is 15.0 Å². The number of likely N-dealkylation sites (tertiary alicyclic amines) is 1. The molecule has 5 heteroatoms. The van der Waals surface area contributed by atoms with E-state index in [4.69, 9.17) is 0 Å². The second-order valence-corrected chi connectivity index (χ2v) is 4.55. The highest BCUT2D eigenvalue weighted by molar-refractivity contribution is 5.99. The highest BCUT2D eigenvalue weighted by Gasteiger charge is 2.26. The molecule has 0 spiro atoms. The molecule has 1 aliphatic heterocycles. The summed E-state index contributed by atoms with van der Waals surface area (Å²) in [6.07, 6.45) is 1.96. The maximum atomic E-state index is 12.3. The average molecular weight is 250 g/mol. The second kappa shape index (κ2) is 5.27. The standard InChI is InChI=1S/C13H18N2O3/c1-14-9-4-3-7-15(8-9)13(18)12-10(16)5-2-6-11(12)17/h2,5-6,9,14,16-17H,3-4,7-8H2,1H3. The van der Waals surface area contributed by atoms with Gasteiger partial charge in [0.15, 0.2) is 0 Å². The number of nitrogens with one attached hydrogen (secondary N) is 1. The summed E-state index contributed by atoms with van der Waals surface area (Å²) in [6.45, 7) is 1.26. The highest BCUT2D eigenvalue weighted by Crippen LogP contribution is 2.28. The van der Waals surface area contributed by atoms with Crippen LogP contribution < -0.4 is 5.32 Å². The third-order valence-electron chi connectivity index (χ3n) is 3.35. The first-order valence-corrected chi connectivity index (χ1v) is 6.11. The minimum atomic E-state index is -0.314. The molecular formula is C13H18N2O3. The third kappa shape index (κ3) is 2.41. The number of hydrogen-bond donors (Lipinski definition) is 3. The first-order valence-electron chi connectivity index (χ1n) is 6.11. The molecule has 0 aliphatic carbocycles. The van der Waals surface area contributed by atoms with Gasteiger partial charge in [-0.3, -0.25) is 4.79 Å². The molecule has 18 heavy (non-hydrogen) atoms. The number of carbonyl (C=O) groups is 1. The van der Waals surface area contributed by atoms with Crippen LogP contribution in [-0.4, -0.2) is 47.2 Å². The summed E-state index contributed by atoms with van der Waals surface area (Å²) < 4.78 is 0. The number of piperidine rings is 1. The van der Waals surface area contributed by atoms with E-state index < -0.39 is 0 Å². The minimum absolute atomic E-state index is 0.00532. The van der Waals surface area contributed by atoms with Crippen LogP contribution in [0.25, 0.3) is 0 Å². The molecule has 0 radical (unpaired) electrons. The summed E-state index contributed by atoms with van der Waals surface area (Å²) in [5.74, 6) is -0.663. The third-order valence-corrected chi connectivity index (χ3v) is 3.35. The van der Waals surface area contributed by atoms with Crippen LogP contribution in [0.1, 0.15) is 23.2 Å². The fourth-order valence-electron chi connectivity index (χ4n) is 2.30. The second-order valence-electron chi connectivity index (χ2n) is 4.55. The van der Waals surface area contributed by atoms with Gasteiger partial charge in [-0.05, 0) is 32.0 Å². The monoisotopic (exact) mass is 250 g/mol. The van der Waals surface area contributed by atoms with E-state index in [2.05, 4.69) is 5.32 Å². The summed E-state index contributed by atoms with van der Waals surface area (Å²) in [7, 11) is 1.87. The maximum Gasteiger partial charge on any atom is 0.261 e. The molecule has 1 aliphatic rings. The van der Waals surface area contributed by atoms with Crippen LogP contribution in [0.4, 0.5) is 0 Å². The van der Waals surface area contributed by atoms with Crippen molar-refractivity contribution >= 4 is 5.91 Å². The summed E-state index contributed by atoms with van der Waals surface area (Å²) in [6, 6.07) is 4.60. The molecule has 1 unspecified atom stereocenters. The molecule has 1 aromatic rings. The van der Waals surface area contributed by atoms with Crippen molar-refractivity contribution in [2.24, 2.45) is 0 Å². The van der Waals surface area contributed by atoms with Crippen molar-refractivity contribution in [3.8, 4) is 11.5 Å². The van der Waals surface area contributed by atoms with Crippen LogP contribution >= 0.6 is 0 Å². The van der Waals surface area contributed by atoms with Crippen molar-refractivity contribution in [3.63, 3.8) is 0 Å². The molecule has 1 atom stereocenters. The Bertz CT molecular complexity index is 428. The lowest BCUT2D eigenvalue weighted by Crippen LogP contribution is -2.46. The largest absolute Gasteiger partial charge is 0.507 e. The van der Waals surface area contributed by atoms with E-state index in [0.717, 1.165) is 12.8 Å².